The second kappa shape index (κ2) is 5.35. The van der Waals surface area contributed by atoms with Crippen LogP contribution in [0.4, 0.5) is 5.82 Å². The largest absolute Gasteiger partial charge is 0.378 e. The standard InChI is InChI=1S/C14H16BrN3O/c1-17-10-13(11-2-4-12(15)5-3-11)14(16-17)18-6-8-19-9-7-18/h2-5,10H,6-9H2,1H3. The number of nitrogens with zero attached hydrogens (tertiary/aromatic N) is 3. The highest BCUT2D eigenvalue weighted by Gasteiger charge is 2.19. The highest BCUT2D eigenvalue weighted by molar-refractivity contribution is 9.10. The van der Waals surface area contributed by atoms with Crippen molar-refractivity contribution in [1.29, 1.82) is 0 Å². The van der Waals surface area contributed by atoms with Crippen LogP contribution in [0.15, 0.2) is 34.9 Å². The molecule has 0 unspecified atom stereocenters. The fraction of sp³-hybridized carbons (Fsp3) is 0.357. The van der Waals surface area contributed by atoms with Gasteiger partial charge < -0.3 is 9.64 Å². The summed E-state index contributed by atoms with van der Waals surface area (Å²) in [5.74, 6) is 1.05. The summed E-state index contributed by atoms with van der Waals surface area (Å²) in [6, 6.07) is 8.35. The van der Waals surface area contributed by atoms with Crippen molar-refractivity contribution in [2.45, 2.75) is 0 Å². The second-order valence-electron chi connectivity index (χ2n) is 4.65. The lowest BCUT2D eigenvalue weighted by Gasteiger charge is -2.27. The maximum absolute atomic E-state index is 5.41. The van der Waals surface area contributed by atoms with Crippen LogP contribution < -0.4 is 4.90 Å². The van der Waals surface area contributed by atoms with Crippen molar-refractivity contribution in [1.82, 2.24) is 9.78 Å². The minimum atomic E-state index is 0.774. The van der Waals surface area contributed by atoms with Gasteiger partial charge in [0.05, 0.1) is 13.2 Å². The first kappa shape index (κ1) is 12.7. The first-order chi connectivity index (χ1) is 9.24. The lowest BCUT2D eigenvalue weighted by molar-refractivity contribution is 0.122. The number of aromatic nitrogens is 2. The molecule has 0 spiro atoms. The predicted molar refractivity (Wildman–Crippen MR) is 79.4 cm³/mol. The van der Waals surface area contributed by atoms with Gasteiger partial charge in [-0.2, -0.15) is 5.10 Å². The Morgan fingerprint density at radius 1 is 1.16 bits per heavy atom. The normalized spacial score (nSPS) is 15.8. The molecule has 0 atom stereocenters. The molecule has 1 aliphatic rings. The van der Waals surface area contributed by atoms with Crippen molar-refractivity contribution < 1.29 is 4.74 Å². The fourth-order valence-corrected chi connectivity index (χ4v) is 2.58. The van der Waals surface area contributed by atoms with Crippen LogP contribution in [0.5, 0.6) is 0 Å². The summed E-state index contributed by atoms with van der Waals surface area (Å²) in [6.45, 7) is 3.35. The Hall–Kier alpha value is -1.33. The van der Waals surface area contributed by atoms with Gasteiger partial charge in [0.2, 0.25) is 0 Å². The van der Waals surface area contributed by atoms with Crippen molar-refractivity contribution in [2.24, 2.45) is 7.05 Å². The van der Waals surface area contributed by atoms with E-state index in [1.165, 1.54) is 11.1 Å². The molecule has 5 heteroatoms. The summed E-state index contributed by atoms with van der Waals surface area (Å²) in [5, 5.41) is 4.61. The smallest absolute Gasteiger partial charge is 0.158 e. The minimum absolute atomic E-state index is 0.774. The molecule has 0 amide bonds. The van der Waals surface area contributed by atoms with E-state index in [9.17, 15) is 0 Å². The molecular formula is C14H16BrN3O. The second-order valence-corrected chi connectivity index (χ2v) is 5.56. The number of rotatable bonds is 2. The molecule has 3 rings (SSSR count). The molecule has 0 saturated carbocycles. The molecule has 0 aliphatic carbocycles. The molecule has 100 valence electrons. The summed E-state index contributed by atoms with van der Waals surface area (Å²) >= 11 is 3.47. The van der Waals surface area contributed by atoms with Gasteiger partial charge in [-0.05, 0) is 17.7 Å². The Kier molecular flexibility index (Phi) is 3.57. The van der Waals surface area contributed by atoms with E-state index in [0.717, 1.165) is 36.6 Å². The Morgan fingerprint density at radius 3 is 2.53 bits per heavy atom. The van der Waals surface area contributed by atoms with E-state index in [4.69, 9.17) is 4.74 Å². The van der Waals surface area contributed by atoms with Gasteiger partial charge in [-0.1, -0.05) is 28.1 Å². The summed E-state index contributed by atoms with van der Waals surface area (Å²) in [6.07, 6.45) is 2.08. The Bertz CT molecular complexity index is 559. The van der Waals surface area contributed by atoms with Gasteiger partial charge in [0, 0.05) is 36.4 Å². The van der Waals surface area contributed by atoms with Crippen molar-refractivity contribution in [2.75, 3.05) is 31.2 Å². The summed E-state index contributed by atoms with van der Waals surface area (Å²) in [7, 11) is 1.96. The maximum Gasteiger partial charge on any atom is 0.158 e. The Labute approximate surface area is 121 Å². The SMILES string of the molecule is Cn1cc(-c2ccc(Br)cc2)c(N2CCOCC2)n1. The van der Waals surface area contributed by atoms with Crippen LogP contribution >= 0.6 is 15.9 Å². The van der Waals surface area contributed by atoms with Crippen LogP contribution in [-0.2, 0) is 11.8 Å². The zero-order valence-corrected chi connectivity index (χ0v) is 12.4. The molecular weight excluding hydrogens is 306 g/mol. The molecule has 1 aliphatic heterocycles. The number of halogens is 1. The van der Waals surface area contributed by atoms with Gasteiger partial charge >= 0.3 is 0 Å². The number of morpholine rings is 1. The maximum atomic E-state index is 5.41. The first-order valence-corrected chi connectivity index (χ1v) is 7.15. The van der Waals surface area contributed by atoms with Crippen LogP contribution in [0.25, 0.3) is 11.1 Å². The summed E-state index contributed by atoms with van der Waals surface area (Å²) in [5.41, 5.74) is 2.37. The molecule has 0 bridgehead atoms. The molecule has 1 fully saturated rings. The van der Waals surface area contributed by atoms with Gasteiger partial charge in [-0.15, -0.1) is 0 Å². The third-order valence-electron chi connectivity index (χ3n) is 3.28. The van der Waals surface area contributed by atoms with E-state index in [-0.39, 0.29) is 0 Å². The van der Waals surface area contributed by atoms with Gasteiger partial charge in [0.15, 0.2) is 5.82 Å². The highest BCUT2D eigenvalue weighted by atomic mass is 79.9. The zero-order chi connectivity index (χ0) is 13.2. The third kappa shape index (κ3) is 2.67. The highest BCUT2D eigenvalue weighted by Crippen LogP contribution is 2.30. The van der Waals surface area contributed by atoms with Crippen molar-refractivity contribution >= 4 is 21.7 Å². The Balaban J connectivity index is 1.98. The van der Waals surface area contributed by atoms with Gasteiger partial charge in [-0.3, -0.25) is 4.68 Å². The van der Waals surface area contributed by atoms with Gasteiger partial charge in [0.25, 0.3) is 0 Å². The van der Waals surface area contributed by atoms with E-state index in [2.05, 4.69) is 56.4 Å². The third-order valence-corrected chi connectivity index (χ3v) is 3.80. The first-order valence-electron chi connectivity index (χ1n) is 6.36. The van der Waals surface area contributed by atoms with Crippen LogP contribution in [0.1, 0.15) is 0 Å². The molecule has 2 heterocycles. The number of benzene rings is 1. The van der Waals surface area contributed by atoms with Crippen molar-refractivity contribution in [3.63, 3.8) is 0 Å². The van der Waals surface area contributed by atoms with Crippen molar-refractivity contribution in [3.8, 4) is 11.1 Å². The van der Waals surface area contributed by atoms with Crippen LogP contribution in [0.3, 0.4) is 0 Å². The lowest BCUT2D eigenvalue weighted by atomic mass is 10.1. The van der Waals surface area contributed by atoms with E-state index in [1.54, 1.807) is 0 Å². The number of aryl methyl sites for hydroxylation is 1. The average molecular weight is 322 g/mol. The van der Waals surface area contributed by atoms with Gasteiger partial charge in [-0.25, -0.2) is 0 Å². The number of hydrogen-bond donors (Lipinski definition) is 0. The van der Waals surface area contributed by atoms with E-state index in [0.29, 0.717) is 0 Å². The fourth-order valence-electron chi connectivity index (χ4n) is 2.32. The number of anilines is 1. The van der Waals surface area contributed by atoms with Crippen LogP contribution in [-0.4, -0.2) is 36.1 Å². The zero-order valence-electron chi connectivity index (χ0n) is 10.8. The van der Waals surface area contributed by atoms with E-state index < -0.39 is 0 Å². The Morgan fingerprint density at radius 2 is 1.84 bits per heavy atom. The summed E-state index contributed by atoms with van der Waals surface area (Å²) in [4.78, 5) is 2.29. The van der Waals surface area contributed by atoms with E-state index in [1.807, 2.05) is 11.7 Å². The molecule has 0 N–H and O–H groups in total. The molecule has 19 heavy (non-hydrogen) atoms. The number of ether oxygens (including phenoxy) is 1. The van der Waals surface area contributed by atoms with Crippen LogP contribution in [0, 0.1) is 0 Å². The molecule has 4 nitrogen and oxygen atoms in total. The summed E-state index contributed by atoms with van der Waals surface area (Å²) < 4.78 is 8.37. The minimum Gasteiger partial charge on any atom is -0.378 e. The molecule has 1 aromatic heterocycles. The van der Waals surface area contributed by atoms with Crippen molar-refractivity contribution in [3.05, 3.63) is 34.9 Å². The number of hydrogen-bond acceptors (Lipinski definition) is 3. The average Bonchev–Trinajstić information content (AvgIpc) is 2.83. The monoisotopic (exact) mass is 321 g/mol. The van der Waals surface area contributed by atoms with Crippen LogP contribution in [0.2, 0.25) is 0 Å². The topological polar surface area (TPSA) is 30.3 Å². The quantitative estimate of drug-likeness (QED) is 0.852. The van der Waals surface area contributed by atoms with Gasteiger partial charge in [0.1, 0.15) is 0 Å². The predicted octanol–water partition coefficient (Wildman–Crippen LogP) is 2.69. The van der Waals surface area contributed by atoms with E-state index >= 15 is 0 Å². The molecule has 1 saturated heterocycles. The molecule has 1 aromatic carbocycles. The molecule has 2 aromatic rings. The molecule has 0 radical (unpaired) electrons. The lowest BCUT2D eigenvalue weighted by Crippen LogP contribution is -2.36.